The number of anilines is 2. The molecule has 3 heteroatoms. The van der Waals surface area contributed by atoms with Crippen LogP contribution in [-0.4, -0.2) is 20.0 Å². The van der Waals surface area contributed by atoms with Gasteiger partial charge in [-0.25, -0.2) is 0 Å². The minimum Gasteiger partial charge on any atom is -0.378 e. The maximum absolute atomic E-state index is 15.3. The van der Waals surface area contributed by atoms with Gasteiger partial charge in [-0.1, -0.05) is 121 Å². The van der Waals surface area contributed by atoms with Crippen molar-refractivity contribution < 1.29 is 4.79 Å². The van der Waals surface area contributed by atoms with E-state index in [2.05, 4.69) is 65.6 Å². The smallest absolute Gasteiger partial charge is 0.251 e. The molecule has 0 saturated heterocycles. The van der Waals surface area contributed by atoms with Gasteiger partial charge in [0.25, 0.3) is 5.91 Å². The predicted octanol–water partition coefficient (Wildman–Crippen LogP) is 7.65. The molecule has 0 atom stereocenters. The average Bonchev–Trinajstić information content (AvgIpc) is 3.28. The topological polar surface area (TPSA) is 23.6 Å². The Morgan fingerprint density at radius 3 is 1.44 bits per heavy atom. The van der Waals surface area contributed by atoms with Gasteiger partial charge >= 0.3 is 0 Å². The van der Waals surface area contributed by atoms with Gasteiger partial charge in [0.2, 0.25) is 0 Å². The Balaban J connectivity index is 1.76. The maximum Gasteiger partial charge on any atom is 0.251 e. The van der Waals surface area contributed by atoms with Crippen molar-refractivity contribution in [1.82, 2.24) is 0 Å². The van der Waals surface area contributed by atoms with Crippen LogP contribution in [0.15, 0.2) is 146 Å². The van der Waals surface area contributed by atoms with Crippen molar-refractivity contribution in [2.75, 3.05) is 23.9 Å². The molecule has 5 aromatic rings. The van der Waals surface area contributed by atoms with Gasteiger partial charge in [-0.15, -0.1) is 0 Å². The molecule has 3 nitrogen and oxygen atoms in total. The SMILES string of the molecule is CN(C)c1ccc(N2C(=O)C(c3ccccc3)(c3ccccc3)C(c3ccccc3)=C2c2ccccc2)cc1. The lowest BCUT2D eigenvalue weighted by Crippen LogP contribution is -2.41. The fourth-order valence-electron chi connectivity index (χ4n) is 5.72. The molecule has 6 rings (SSSR count). The molecule has 0 saturated carbocycles. The van der Waals surface area contributed by atoms with E-state index in [0.29, 0.717) is 0 Å². The Labute approximate surface area is 230 Å². The molecule has 1 aliphatic heterocycles. The van der Waals surface area contributed by atoms with Gasteiger partial charge in [-0.2, -0.15) is 0 Å². The standard InChI is InChI=1S/C36H30N2O/c1-37(2)31-23-25-32(26-24-31)38-34(28-17-9-4-10-18-28)33(27-15-7-3-8-16-27)36(35(38)39,29-19-11-5-12-20-29)30-21-13-6-14-22-30/h3-26H,1-2H3. The van der Waals surface area contributed by atoms with Crippen molar-refractivity contribution in [2.24, 2.45) is 0 Å². The highest BCUT2D eigenvalue weighted by atomic mass is 16.2. The number of carbonyl (C=O) groups excluding carboxylic acids is 1. The molecule has 0 bridgehead atoms. The third-order valence-corrected chi connectivity index (χ3v) is 7.51. The summed E-state index contributed by atoms with van der Waals surface area (Å²) in [6, 6.07) is 49.3. The van der Waals surface area contributed by atoms with E-state index >= 15 is 4.79 Å². The fourth-order valence-corrected chi connectivity index (χ4v) is 5.72. The Hall–Kier alpha value is -4.89. The first-order valence-electron chi connectivity index (χ1n) is 13.2. The van der Waals surface area contributed by atoms with E-state index in [4.69, 9.17) is 0 Å². The third-order valence-electron chi connectivity index (χ3n) is 7.51. The second-order valence-electron chi connectivity index (χ2n) is 9.99. The first kappa shape index (κ1) is 24.4. The number of hydrogen-bond donors (Lipinski definition) is 0. The van der Waals surface area contributed by atoms with Crippen LogP contribution in [0.1, 0.15) is 22.3 Å². The molecule has 0 fully saturated rings. The zero-order valence-electron chi connectivity index (χ0n) is 22.2. The molecular weight excluding hydrogens is 476 g/mol. The van der Waals surface area contributed by atoms with Crippen molar-refractivity contribution >= 4 is 28.6 Å². The number of hydrogen-bond acceptors (Lipinski definition) is 2. The highest BCUT2D eigenvalue weighted by Crippen LogP contribution is 2.55. The molecule has 39 heavy (non-hydrogen) atoms. The van der Waals surface area contributed by atoms with Crippen LogP contribution in [0.2, 0.25) is 0 Å². The second-order valence-corrected chi connectivity index (χ2v) is 9.99. The van der Waals surface area contributed by atoms with Crippen LogP contribution in [0.4, 0.5) is 11.4 Å². The Kier molecular flexibility index (Phi) is 6.34. The molecule has 5 aromatic carbocycles. The van der Waals surface area contributed by atoms with Gasteiger partial charge < -0.3 is 4.90 Å². The third kappa shape index (κ3) is 4.04. The molecule has 190 valence electrons. The quantitative estimate of drug-likeness (QED) is 0.236. The minimum absolute atomic E-state index is 0.00945. The summed E-state index contributed by atoms with van der Waals surface area (Å²) < 4.78 is 0. The van der Waals surface area contributed by atoms with Crippen LogP contribution in [0.25, 0.3) is 11.3 Å². The van der Waals surface area contributed by atoms with Crippen LogP contribution in [0.3, 0.4) is 0 Å². The molecular formula is C36H30N2O. The van der Waals surface area contributed by atoms with Gasteiger partial charge in [0.05, 0.1) is 5.70 Å². The summed E-state index contributed by atoms with van der Waals surface area (Å²) in [6.45, 7) is 0. The zero-order valence-corrected chi connectivity index (χ0v) is 22.2. The lowest BCUT2D eigenvalue weighted by molar-refractivity contribution is -0.119. The number of carbonyl (C=O) groups is 1. The number of benzene rings is 5. The Morgan fingerprint density at radius 1 is 0.538 bits per heavy atom. The molecule has 0 radical (unpaired) electrons. The molecule has 0 spiro atoms. The van der Waals surface area contributed by atoms with Gasteiger partial charge in [-0.05, 0) is 46.5 Å². The summed E-state index contributed by atoms with van der Waals surface area (Å²) >= 11 is 0. The molecule has 0 N–H and O–H groups in total. The van der Waals surface area contributed by atoms with Gasteiger partial charge in [-0.3, -0.25) is 9.69 Å². The predicted molar refractivity (Wildman–Crippen MR) is 162 cm³/mol. The van der Waals surface area contributed by atoms with Gasteiger partial charge in [0, 0.05) is 31.0 Å². The van der Waals surface area contributed by atoms with Crippen molar-refractivity contribution in [3.63, 3.8) is 0 Å². The van der Waals surface area contributed by atoms with Gasteiger partial charge in [0.15, 0.2) is 0 Å². The van der Waals surface area contributed by atoms with E-state index in [-0.39, 0.29) is 5.91 Å². The summed E-state index contributed by atoms with van der Waals surface area (Å²) in [7, 11) is 4.04. The maximum atomic E-state index is 15.3. The van der Waals surface area contributed by atoms with Crippen LogP contribution < -0.4 is 9.80 Å². The summed E-state index contributed by atoms with van der Waals surface area (Å²) in [5.41, 5.74) is 6.66. The van der Waals surface area contributed by atoms with E-state index in [1.165, 1.54) is 0 Å². The molecule has 0 unspecified atom stereocenters. The van der Waals surface area contributed by atoms with Crippen LogP contribution in [-0.2, 0) is 10.2 Å². The molecule has 0 aliphatic carbocycles. The number of amides is 1. The molecule has 1 heterocycles. The normalized spacial score (nSPS) is 14.5. The van der Waals surface area contributed by atoms with E-state index in [1.807, 2.05) is 104 Å². The lowest BCUT2D eigenvalue weighted by atomic mass is 9.67. The van der Waals surface area contributed by atoms with E-state index in [9.17, 15) is 0 Å². The average molecular weight is 507 g/mol. The number of rotatable bonds is 6. The summed E-state index contributed by atoms with van der Waals surface area (Å²) in [6.07, 6.45) is 0. The van der Waals surface area contributed by atoms with Crippen molar-refractivity contribution in [2.45, 2.75) is 5.41 Å². The highest BCUT2D eigenvalue weighted by Gasteiger charge is 2.56. The summed E-state index contributed by atoms with van der Waals surface area (Å²) in [5, 5.41) is 0. The largest absolute Gasteiger partial charge is 0.378 e. The summed E-state index contributed by atoms with van der Waals surface area (Å²) in [5.74, 6) is 0.00945. The molecule has 1 amide bonds. The molecule has 0 aromatic heterocycles. The zero-order chi connectivity index (χ0) is 26.8. The lowest BCUT2D eigenvalue weighted by Gasteiger charge is -2.32. The first-order valence-corrected chi connectivity index (χ1v) is 13.2. The van der Waals surface area contributed by atoms with E-state index < -0.39 is 5.41 Å². The minimum atomic E-state index is -1.05. The first-order chi connectivity index (χ1) is 19.1. The van der Waals surface area contributed by atoms with Crippen LogP contribution in [0.5, 0.6) is 0 Å². The van der Waals surface area contributed by atoms with Crippen molar-refractivity contribution in [1.29, 1.82) is 0 Å². The number of nitrogens with zero attached hydrogens (tertiary/aromatic N) is 2. The monoisotopic (exact) mass is 506 g/mol. The van der Waals surface area contributed by atoms with E-state index in [1.54, 1.807) is 0 Å². The van der Waals surface area contributed by atoms with Crippen molar-refractivity contribution in [3.8, 4) is 0 Å². The Bertz CT molecular complexity index is 1570. The van der Waals surface area contributed by atoms with Crippen LogP contribution >= 0.6 is 0 Å². The van der Waals surface area contributed by atoms with E-state index in [0.717, 1.165) is 44.9 Å². The fraction of sp³-hybridized carbons (Fsp3) is 0.0833. The van der Waals surface area contributed by atoms with Crippen molar-refractivity contribution in [3.05, 3.63) is 168 Å². The summed E-state index contributed by atoms with van der Waals surface area (Å²) in [4.78, 5) is 19.3. The highest BCUT2D eigenvalue weighted by molar-refractivity contribution is 6.30. The van der Waals surface area contributed by atoms with Gasteiger partial charge in [0.1, 0.15) is 5.41 Å². The second kappa shape index (κ2) is 10.1. The van der Waals surface area contributed by atoms with Crippen LogP contribution in [0, 0.1) is 0 Å². The molecule has 1 aliphatic rings. The Morgan fingerprint density at radius 2 is 0.974 bits per heavy atom.